The van der Waals surface area contributed by atoms with Crippen LogP contribution in [0.15, 0.2) is 28.7 Å². The maximum Gasteiger partial charge on any atom is 0.415 e. The number of alkyl carbamates (subject to hydrolysis) is 1. The number of amides is 2. The Morgan fingerprint density at radius 2 is 2.19 bits per heavy atom. The summed E-state index contributed by atoms with van der Waals surface area (Å²) in [4.78, 5) is 22.5. The SMILES string of the molecule is C[C@]1(Cc2cccc(Br)c2)OC(=O)NC1=O. The van der Waals surface area contributed by atoms with Crippen LogP contribution in [0.3, 0.4) is 0 Å². The van der Waals surface area contributed by atoms with E-state index in [9.17, 15) is 9.59 Å². The van der Waals surface area contributed by atoms with Crippen LogP contribution in [0.25, 0.3) is 0 Å². The van der Waals surface area contributed by atoms with Crippen molar-refractivity contribution in [2.24, 2.45) is 0 Å². The number of carbonyl (C=O) groups excluding carboxylic acids is 2. The van der Waals surface area contributed by atoms with E-state index in [0.29, 0.717) is 6.42 Å². The molecule has 1 aliphatic rings. The Morgan fingerprint density at radius 1 is 1.44 bits per heavy atom. The lowest BCUT2D eigenvalue weighted by atomic mass is 9.96. The lowest BCUT2D eigenvalue weighted by Gasteiger charge is -2.18. The third kappa shape index (κ3) is 2.09. The fraction of sp³-hybridized carbons (Fsp3) is 0.273. The molecule has 1 atom stereocenters. The van der Waals surface area contributed by atoms with Crippen LogP contribution in [0.1, 0.15) is 12.5 Å². The Hall–Kier alpha value is -1.36. The minimum Gasteiger partial charge on any atom is -0.432 e. The molecule has 0 spiro atoms. The molecular formula is C11H10BrNO3. The molecule has 0 aliphatic carbocycles. The van der Waals surface area contributed by atoms with Crippen LogP contribution in [0, 0.1) is 0 Å². The first-order valence-corrected chi connectivity index (χ1v) is 5.58. The number of imide groups is 1. The standard InChI is InChI=1S/C11H10BrNO3/c1-11(9(14)13-10(15)16-11)6-7-3-2-4-8(12)5-7/h2-5H,6H2,1H3,(H,13,14,15)/t11-/m1/s1. The van der Waals surface area contributed by atoms with Crippen molar-refractivity contribution in [3.63, 3.8) is 0 Å². The summed E-state index contributed by atoms with van der Waals surface area (Å²) < 4.78 is 5.92. The van der Waals surface area contributed by atoms with Gasteiger partial charge in [0, 0.05) is 10.9 Å². The van der Waals surface area contributed by atoms with Crippen LogP contribution in [-0.2, 0) is 16.0 Å². The van der Waals surface area contributed by atoms with Gasteiger partial charge in [-0.05, 0) is 24.6 Å². The molecule has 2 rings (SSSR count). The maximum atomic E-state index is 11.5. The summed E-state index contributed by atoms with van der Waals surface area (Å²) >= 11 is 3.35. The van der Waals surface area contributed by atoms with Crippen LogP contribution in [0.5, 0.6) is 0 Å². The van der Waals surface area contributed by atoms with Crippen molar-refractivity contribution < 1.29 is 14.3 Å². The first kappa shape index (κ1) is 11.1. The number of hydrogen-bond donors (Lipinski definition) is 1. The quantitative estimate of drug-likeness (QED) is 0.904. The van der Waals surface area contributed by atoms with E-state index in [1.54, 1.807) is 6.92 Å². The number of benzene rings is 1. The van der Waals surface area contributed by atoms with Crippen molar-refractivity contribution in [3.8, 4) is 0 Å². The molecule has 84 valence electrons. The Labute approximate surface area is 101 Å². The fourth-order valence-corrected chi connectivity index (χ4v) is 2.10. The van der Waals surface area contributed by atoms with E-state index in [1.807, 2.05) is 24.3 Å². The van der Waals surface area contributed by atoms with Crippen LogP contribution in [0.4, 0.5) is 4.79 Å². The fourth-order valence-electron chi connectivity index (χ4n) is 1.65. The summed E-state index contributed by atoms with van der Waals surface area (Å²) in [7, 11) is 0. The minimum atomic E-state index is -1.10. The zero-order valence-corrected chi connectivity index (χ0v) is 10.2. The van der Waals surface area contributed by atoms with Gasteiger partial charge in [0.1, 0.15) is 0 Å². The van der Waals surface area contributed by atoms with Crippen LogP contribution < -0.4 is 5.32 Å². The van der Waals surface area contributed by atoms with Crippen LogP contribution >= 0.6 is 15.9 Å². The van der Waals surface area contributed by atoms with Gasteiger partial charge in [0.2, 0.25) is 0 Å². The first-order chi connectivity index (χ1) is 7.49. The van der Waals surface area contributed by atoms with Gasteiger partial charge in [0.25, 0.3) is 5.91 Å². The molecule has 1 aliphatic heterocycles. The molecule has 1 fully saturated rings. The summed E-state index contributed by atoms with van der Waals surface area (Å²) in [6.07, 6.45) is -0.313. The third-order valence-corrected chi connectivity index (χ3v) is 2.94. The zero-order valence-electron chi connectivity index (χ0n) is 8.62. The molecule has 0 saturated carbocycles. The number of ether oxygens (including phenoxy) is 1. The second kappa shape index (κ2) is 3.90. The van der Waals surface area contributed by atoms with Gasteiger partial charge < -0.3 is 4.74 Å². The average molecular weight is 284 g/mol. The highest BCUT2D eigenvalue weighted by Crippen LogP contribution is 2.23. The molecule has 5 heteroatoms. The van der Waals surface area contributed by atoms with Gasteiger partial charge in [-0.3, -0.25) is 10.1 Å². The molecule has 0 radical (unpaired) electrons. The van der Waals surface area contributed by atoms with Crippen molar-refractivity contribution in [2.75, 3.05) is 0 Å². The van der Waals surface area contributed by atoms with E-state index in [4.69, 9.17) is 4.74 Å². The molecule has 1 saturated heterocycles. The maximum absolute atomic E-state index is 11.5. The van der Waals surface area contributed by atoms with Gasteiger partial charge in [-0.15, -0.1) is 0 Å². The van der Waals surface area contributed by atoms with E-state index < -0.39 is 17.6 Å². The van der Waals surface area contributed by atoms with Crippen LogP contribution in [-0.4, -0.2) is 17.6 Å². The van der Waals surface area contributed by atoms with E-state index in [-0.39, 0.29) is 0 Å². The molecule has 0 bridgehead atoms. The molecule has 1 aromatic rings. The second-order valence-electron chi connectivity index (χ2n) is 3.88. The largest absolute Gasteiger partial charge is 0.432 e. The van der Waals surface area contributed by atoms with E-state index in [1.165, 1.54) is 0 Å². The van der Waals surface area contributed by atoms with Crippen molar-refractivity contribution >= 4 is 27.9 Å². The second-order valence-corrected chi connectivity index (χ2v) is 4.80. The highest BCUT2D eigenvalue weighted by Gasteiger charge is 2.44. The lowest BCUT2D eigenvalue weighted by molar-refractivity contribution is -0.129. The molecule has 4 nitrogen and oxygen atoms in total. The minimum absolute atomic E-state index is 0.365. The first-order valence-electron chi connectivity index (χ1n) is 4.78. The summed E-state index contributed by atoms with van der Waals surface area (Å²) in [5, 5.41) is 2.13. The van der Waals surface area contributed by atoms with Crippen molar-refractivity contribution in [1.29, 1.82) is 0 Å². The van der Waals surface area contributed by atoms with Crippen molar-refractivity contribution in [3.05, 3.63) is 34.3 Å². The van der Waals surface area contributed by atoms with Gasteiger partial charge in [-0.1, -0.05) is 28.1 Å². The Bertz CT molecular complexity index is 460. The van der Waals surface area contributed by atoms with Gasteiger partial charge in [0.05, 0.1) is 0 Å². The summed E-state index contributed by atoms with van der Waals surface area (Å²) in [5.41, 5.74) is -0.167. The Balaban J connectivity index is 2.21. The van der Waals surface area contributed by atoms with Crippen molar-refractivity contribution in [2.45, 2.75) is 18.9 Å². The Kier molecular flexibility index (Phi) is 2.71. The van der Waals surface area contributed by atoms with E-state index >= 15 is 0 Å². The van der Waals surface area contributed by atoms with Gasteiger partial charge in [-0.25, -0.2) is 4.79 Å². The van der Waals surface area contributed by atoms with E-state index in [0.717, 1.165) is 10.0 Å². The van der Waals surface area contributed by atoms with Crippen LogP contribution in [0.2, 0.25) is 0 Å². The number of nitrogens with one attached hydrogen (secondary N) is 1. The van der Waals surface area contributed by atoms with Gasteiger partial charge >= 0.3 is 6.09 Å². The number of cyclic esters (lactones) is 1. The lowest BCUT2D eigenvalue weighted by Crippen LogP contribution is -2.38. The predicted octanol–water partition coefficient (Wildman–Crippen LogP) is 2.02. The summed E-state index contributed by atoms with van der Waals surface area (Å²) in [6.45, 7) is 1.61. The number of halogens is 1. The summed E-state index contributed by atoms with van der Waals surface area (Å²) in [6, 6.07) is 7.55. The van der Waals surface area contributed by atoms with Gasteiger partial charge in [-0.2, -0.15) is 0 Å². The number of rotatable bonds is 2. The molecule has 2 amide bonds. The predicted molar refractivity (Wildman–Crippen MR) is 60.9 cm³/mol. The van der Waals surface area contributed by atoms with Gasteiger partial charge in [0.15, 0.2) is 5.60 Å². The topological polar surface area (TPSA) is 55.4 Å². The highest BCUT2D eigenvalue weighted by atomic mass is 79.9. The smallest absolute Gasteiger partial charge is 0.415 e. The number of hydrogen-bond acceptors (Lipinski definition) is 3. The zero-order chi connectivity index (χ0) is 11.8. The number of carbonyl (C=O) groups is 2. The molecule has 1 N–H and O–H groups in total. The van der Waals surface area contributed by atoms with Crippen molar-refractivity contribution in [1.82, 2.24) is 5.32 Å². The highest BCUT2D eigenvalue weighted by molar-refractivity contribution is 9.10. The molecule has 1 aromatic carbocycles. The normalized spacial score (nSPS) is 24.1. The Morgan fingerprint density at radius 3 is 2.75 bits per heavy atom. The molecule has 0 unspecified atom stereocenters. The molecular weight excluding hydrogens is 274 g/mol. The third-order valence-electron chi connectivity index (χ3n) is 2.44. The molecule has 16 heavy (non-hydrogen) atoms. The molecule has 0 aromatic heterocycles. The molecule has 1 heterocycles. The average Bonchev–Trinajstić information content (AvgIpc) is 2.39. The monoisotopic (exact) mass is 283 g/mol. The summed E-state index contributed by atoms with van der Waals surface area (Å²) in [5.74, 6) is -0.391. The van der Waals surface area contributed by atoms with E-state index in [2.05, 4.69) is 21.2 Å².